The number of amides is 2. The van der Waals surface area contributed by atoms with Crippen LogP contribution in [0.1, 0.15) is 19.3 Å². The summed E-state index contributed by atoms with van der Waals surface area (Å²) in [7, 11) is 0. The molecule has 13 heavy (non-hydrogen) atoms. The van der Waals surface area contributed by atoms with Gasteiger partial charge in [-0.1, -0.05) is 0 Å². The molecule has 0 aliphatic carbocycles. The second kappa shape index (κ2) is 5.77. The highest BCUT2D eigenvalue weighted by Crippen LogP contribution is 2.00. The number of nitrogens with one attached hydrogen (secondary N) is 3. The van der Waals surface area contributed by atoms with Gasteiger partial charge in [-0.15, -0.1) is 0 Å². The Labute approximate surface area is 78.4 Å². The van der Waals surface area contributed by atoms with Gasteiger partial charge >= 0.3 is 6.03 Å². The Morgan fingerprint density at radius 1 is 1.62 bits per heavy atom. The number of rotatable bonds is 4. The van der Waals surface area contributed by atoms with Crippen molar-refractivity contribution in [2.45, 2.75) is 25.4 Å². The van der Waals surface area contributed by atoms with Crippen molar-refractivity contribution in [2.75, 3.05) is 19.6 Å². The van der Waals surface area contributed by atoms with Crippen molar-refractivity contribution in [3.63, 3.8) is 0 Å². The number of hydrogen-bond acceptors (Lipinski definition) is 3. The summed E-state index contributed by atoms with van der Waals surface area (Å²) in [4.78, 5) is 11.2. The summed E-state index contributed by atoms with van der Waals surface area (Å²) in [6, 6.07) is -0.104. The van der Waals surface area contributed by atoms with Gasteiger partial charge in [0.15, 0.2) is 0 Å². The summed E-state index contributed by atoms with van der Waals surface area (Å²) in [5, 5.41) is 8.76. The van der Waals surface area contributed by atoms with Gasteiger partial charge in [0.1, 0.15) is 0 Å². The Hall–Kier alpha value is -0.810. The van der Waals surface area contributed by atoms with Crippen LogP contribution in [0.25, 0.3) is 0 Å². The summed E-state index contributed by atoms with van der Waals surface area (Å²) < 4.78 is 0. The van der Waals surface area contributed by atoms with Gasteiger partial charge in [-0.2, -0.15) is 0 Å². The lowest BCUT2D eigenvalue weighted by molar-refractivity contribution is 0.236. The zero-order chi connectivity index (χ0) is 9.52. The maximum atomic E-state index is 11.2. The standard InChI is InChI=1S/C8H18N4O/c9-4-2-6-11-8(13)12-7-3-1-5-10-7/h7,10H,1-6,9H2,(H2,11,12,13). The fourth-order valence-electron chi connectivity index (χ4n) is 1.32. The van der Waals surface area contributed by atoms with Gasteiger partial charge < -0.3 is 16.4 Å². The van der Waals surface area contributed by atoms with Crippen molar-refractivity contribution in [2.24, 2.45) is 5.73 Å². The predicted molar refractivity (Wildman–Crippen MR) is 51.2 cm³/mol. The van der Waals surface area contributed by atoms with Crippen LogP contribution in [0.5, 0.6) is 0 Å². The Balaban J connectivity index is 2.02. The summed E-state index contributed by atoms with van der Waals surface area (Å²) in [6.07, 6.45) is 3.13. The Bertz CT molecular complexity index is 156. The first-order valence-corrected chi connectivity index (χ1v) is 4.81. The molecule has 0 spiro atoms. The van der Waals surface area contributed by atoms with E-state index in [9.17, 15) is 4.79 Å². The monoisotopic (exact) mass is 186 g/mol. The molecule has 1 unspecified atom stereocenters. The Morgan fingerprint density at radius 2 is 2.46 bits per heavy atom. The van der Waals surface area contributed by atoms with Crippen molar-refractivity contribution in [3.05, 3.63) is 0 Å². The highest BCUT2D eigenvalue weighted by Gasteiger charge is 2.15. The van der Waals surface area contributed by atoms with Crippen molar-refractivity contribution >= 4 is 6.03 Å². The number of urea groups is 1. The second-order valence-electron chi connectivity index (χ2n) is 3.19. The third kappa shape index (κ3) is 4.10. The molecular weight excluding hydrogens is 168 g/mol. The van der Waals surface area contributed by atoms with Crippen LogP contribution in [-0.2, 0) is 0 Å². The van der Waals surface area contributed by atoms with Gasteiger partial charge in [-0.05, 0) is 32.4 Å². The molecule has 5 heteroatoms. The van der Waals surface area contributed by atoms with Crippen LogP contribution < -0.4 is 21.7 Å². The van der Waals surface area contributed by atoms with Gasteiger partial charge in [0.2, 0.25) is 0 Å². The molecule has 1 rings (SSSR count). The van der Waals surface area contributed by atoms with E-state index in [-0.39, 0.29) is 12.2 Å². The lowest BCUT2D eigenvalue weighted by Gasteiger charge is -2.13. The van der Waals surface area contributed by atoms with Crippen molar-refractivity contribution in [3.8, 4) is 0 Å². The molecule has 76 valence electrons. The second-order valence-corrected chi connectivity index (χ2v) is 3.19. The van der Waals surface area contributed by atoms with Crippen LogP contribution in [0.2, 0.25) is 0 Å². The average Bonchev–Trinajstić information content (AvgIpc) is 2.57. The van der Waals surface area contributed by atoms with Crippen molar-refractivity contribution in [1.82, 2.24) is 16.0 Å². The molecule has 0 saturated carbocycles. The van der Waals surface area contributed by atoms with E-state index in [2.05, 4.69) is 16.0 Å². The minimum Gasteiger partial charge on any atom is -0.338 e. The molecule has 0 radical (unpaired) electrons. The molecule has 1 atom stereocenters. The number of nitrogens with two attached hydrogens (primary N) is 1. The predicted octanol–water partition coefficient (Wildman–Crippen LogP) is -0.656. The van der Waals surface area contributed by atoms with Crippen LogP contribution in [0.15, 0.2) is 0 Å². The van der Waals surface area contributed by atoms with Gasteiger partial charge in [0, 0.05) is 6.54 Å². The van der Waals surface area contributed by atoms with E-state index in [0.29, 0.717) is 13.1 Å². The fraction of sp³-hybridized carbons (Fsp3) is 0.875. The highest BCUT2D eigenvalue weighted by molar-refractivity contribution is 5.74. The molecule has 5 N–H and O–H groups in total. The first kappa shape index (κ1) is 10.3. The van der Waals surface area contributed by atoms with E-state index < -0.39 is 0 Å². The number of carbonyl (C=O) groups excluding carboxylic acids is 1. The molecule has 0 aromatic heterocycles. The van der Waals surface area contributed by atoms with Gasteiger partial charge in [-0.25, -0.2) is 4.79 Å². The summed E-state index contributed by atoms with van der Waals surface area (Å²) in [6.45, 7) is 2.25. The minimum absolute atomic E-state index is 0.104. The van der Waals surface area contributed by atoms with Crippen LogP contribution in [0, 0.1) is 0 Å². The molecule has 2 amide bonds. The third-order valence-electron chi connectivity index (χ3n) is 2.03. The van der Waals surface area contributed by atoms with Crippen LogP contribution in [0.3, 0.4) is 0 Å². The van der Waals surface area contributed by atoms with Crippen LogP contribution in [-0.4, -0.2) is 31.8 Å². The topological polar surface area (TPSA) is 79.2 Å². The van der Waals surface area contributed by atoms with Gasteiger partial charge in [0.25, 0.3) is 0 Å². The Kier molecular flexibility index (Phi) is 4.56. The summed E-state index contributed by atoms with van der Waals surface area (Å²) in [5.74, 6) is 0. The molecule has 0 aromatic rings. The van der Waals surface area contributed by atoms with E-state index in [1.165, 1.54) is 0 Å². The molecule has 1 aliphatic rings. The van der Waals surface area contributed by atoms with E-state index in [1.54, 1.807) is 0 Å². The third-order valence-corrected chi connectivity index (χ3v) is 2.03. The Morgan fingerprint density at radius 3 is 3.08 bits per heavy atom. The first-order chi connectivity index (χ1) is 6.33. The fourth-order valence-corrected chi connectivity index (χ4v) is 1.32. The SMILES string of the molecule is NCCCNC(=O)NC1CCCN1. The molecule has 1 aliphatic heterocycles. The van der Waals surface area contributed by atoms with Crippen molar-refractivity contribution < 1.29 is 4.79 Å². The smallest absolute Gasteiger partial charge is 0.316 e. The lowest BCUT2D eigenvalue weighted by atomic mass is 10.3. The minimum atomic E-state index is -0.104. The zero-order valence-corrected chi connectivity index (χ0v) is 7.81. The van der Waals surface area contributed by atoms with E-state index in [1.807, 2.05) is 0 Å². The number of carbonyl (C=O) groups is 1. The largest absolute Gasteiger partial charge is 0.338 e. The molecule has 1 heterocycles. The van der Waals surface area contributed by atoms with Crippen LogP contribution >= 0.6 is 0 Å². The molecular formula is C8H18N4O. The molecule has 0 bridgehead atoms. The highest BCUT2D eigenvalue weighted by atomic mass is 16.2. The zero-order valence-electron chi connectivity index (χ0n) is 7.81. The van der Waals surface area contributed by atoms with E-state index in [4.69, 9.17) is 5.73 Å². The number of hydrogen-bond donors (Lipinski definition) is 4. The van der Waals surface area contributed by atoms with E-state index >= 15 is 0 Å². The summed E-state index contributed by atoms with van der Waals surface area (Å²) in [5.41, 5.74) is 5.29. The maximum Gasteiger partial charge on any atom is 0.316 e. The molecule has 5 nitrogen and oxygen atoms in total. The average molecular weight is 186 g/mol. The van der Waals surface area contributed by atoms with Gasteiger partial charge in [0.05, 0.1) is 6.17 Å². The quantitative estimate of drug-likeness (QED) is 0.440. The lowest BCUT2D eigenvalue weighted by Crippen LogP contribution is -2.46. The van der Waals surface area contributed by atoms with E-state index in [0.717, 1.165) is 25.8 Å². The molecule has 1 fully saturated rings. The normalized spacial score (nSPS) is 21.5. The molecule has 0 aromatic carbocycles. The van der Waals surface area contributed by atoms with Crippen LogP contribution in [0.4, 0.5) is 4.79 Å². The maximum absolute atomic E-state index is 11.2. The van der Waals surface area contributed by atoms with Gasteiger partial charge in [-0.3, -0.25) is 5.32 Å². The first-order valence-electron chi connectivity index (χ1n) is 4.81. The van der Waals surface area contributed by atoms with Crippen molar-refractivity contribution in [1.29, 1.82) is 0 Å². The molecule has 1 saturated heterocycles. The summed E-state index contributed by atoms with van der Waals surface area (Å²) >= 11 is 0.